The van der Waals surface area contributed by atoms with Crippen LogP contribution in [0.25, 0.3) is 0 Å². The van der Waals surface area contributed by atoms with Crippen molar-refractivity contribution in [2.45, 2.75) is 20.8 Å². The van der Waals surface area contributed by atoms with Gasteiger partial charge in [0.05, 0.1) is 20.3 Å². The number of carbonyl (C=O) groups excluding carboxylic acids is 2. The lowest BCUT2D eigenvalue weighted by molar-refractivity contribution is -0.172. The highest BCUT2D eigenvalue weighted by Crippen LogP contribution is 2.35. The predicted octanol–water partition coefficient (Wildman–Crippen LogP) is 1.98. The lowest BCUT2D eigenvalue weighted by Gasteiger charge is -2.37. The van der Waals surface area contributed by atoms with Gasteiger partial charge in [-0.05, 0) is 31.9 Å². The highest BCUT2D eigenvalue weighted by Gasteiger charge is 2.54. The van der Waals surface area contributed by atoms with Crippen LogP contribution < -0.4 is 0 Å². The van der Waals surface area contributed by atoms with Gasteiger partial charge in [0.2, 0.25) is 0 Å². The minimum Gasteiger partial charge on any atom is -0.468 e. The molecule has 19 heavy (non-hydrogen) atoms. The Morgan fingerprint density at radius 2 is 1.68 bits per heavy atom. The Balaban J connectivity index is 2.47. The van der Waals surface area contributed by atoms with E-state index in [1.54, 1.807) is 0 Å². The number of aryl methyl sites for hydroxylation is 3. The molecule has 1 aromatic carbocycles. The molecule has 102 valence electrons. The molecule has 0 aromatic heterocycles. The van der Waals surface area contributed by atoms with E-state index in [2.05, 4.69) is 0 Å². The molecule has 1 saturated heterocycles. The van der Waals surface area contributed by atoms with Crippen LogP contribution in [0.4, 0.5) is 0 Å². The van der Waals surface area contributed by atoms with Gasteiger partial charge in [-0.15, -0.1) is 0 Å². The summed E-state index contributed by atoms with van der Waals surface area (Å²) in [6, 6.07) is 3.90. The number of esters is 1. The number of carbonyl (C=O) groups is 2. The van der Waals surface area contributed by atoms with E-state index in [1.165, 1.54) is 7.11 Å². The number of ketones is 1. The summed E-state index contributed by atoms with van der Waals surface area (Å²) in [5.74, 6) is -0.705. The first kappa shape index (κ1) is 13.7. The molecule has 1 fully saturated rings. The van der Waals surface area contributed by atoms with Gasteiger partial charge in [-0.25, -0.2) is 0 Å². The van der Waals surface area contributed by atoms with Crippen molar-refractivity contribution in [2.24, 2.45) is 5.41 Å². The third-order valence-electron chi connectivity index (χ3n) is 3.61. The summed E-state index contributed by atoms with van der Waals surface area (Å²) in [5.41, 5.74) is 2.33. The van der Waals surface area contributed by atoms with Crippen molar-refractivity contribution in [1.82, 2.24) is 0 Å². The third kappa shape index (κ3) is 2.06. The Hall–Kier alpha value is -1.68. The van der Waals surface area contributed by atoms with Gasteiger partial charge in [-0.3, -0.25) is 9.59 Å². The van der Waals surface area contributed by atoms with E-state index < -0.39 is 11.4 Å². The van der Waals surface area contributed by atoms with Crippen LogP contribution in [0.5, 0.6) is 0 Å². The quantitative estimate of drug-likeness (QED) is 0.475. The van der Waals surface area contributed by atoms with Crippen molar-refractivity contribution in [3.8, 4) is 0 Å². The van der Waals surface area contributed by atoms with Gasteiger partial charge < -0.3 is 9.47 Å². The van der Waals surface area contributed by atoms with Crippen LogP contribution in [0, 0.1) is 26.2 Å². The van der Waals surface area contributed by atoms with Crippen molar-refractivity contribution >= 4 is 11.8 Å². The van der Waals surface area contributed by atoms with Crippen LogP contribution in [0.2, 0.25) is 0 Å². The maximum absolute atomic E-state index is 12.7. The molecule has 2 rings (SSSR count). The fourth-order valence-electron chi connectivity index (χ4n) is 2.62. The molecule has 0 amide bonds. The molecule has 0 aliphatic carbocycles. The first-order valence-corrected chi connectivity index (χ1v) is 6.21. The van der Waals surface area contributed by atoms with Gasteiger partial charge >= 0.3 is 5.97 Å². The highest BCUT2D eigenvalue weighted by molar-refractivity contribution is 6.14. The predicted molar refractivity (Wildman–Crippen MR) is 70.3 cm³/mol. The second-order valence-electron chi connectivity index (χ2n) is 5.17. The van der Waals surface area contributed by atoms with Crippen LogP contribution in [0.3, 0.4) is 0 Å². The number of ether oxygens (including phenoxy) is 2. The minimum absolute atomic E-state index is 0.102. The van der Waals surface area contributed by atoms with Crippen LogP contribution in [0.1, 0.15) is 27.0 Å². The van der Waals surface area contributed by atoms with Gasteiger partial charge in [-0.1, -0.05) is 17.7 Å². The molecule has 4 heteroatoms. The number of benzene rings is 1. The molecule has 0 unspecified atom stereocenters. The smallest absolute Gasteiger partial charge is 0.324 e. The normalized spacial score (nSPS) is 16.6. The second kappa shape index (κ2) is 4.78. The SMILES string of the molecule is COC(=O)C1(C(=O)c2c(C)cc(C)cc2C)COC1. The summed E-state index contributed by atoms with van der Waals surface area (Å²) in [6.07, 6.45) is 0. The average Bonchev–Trinajstić information content (AvgIpc) is 2.25. The lowest BCUT2D eigenvalue weighted by atomic mass is 9.76. The van der Waals surface area contributed by atoms with Crippen LogP contribution in [-0.4, -0.2) is 32.1 Å². The highest BCUT2D eigenvalue weighted by atomic mass is 16.5. The van der Waals surface area contributed by atoms with Gasteiger partial charge in [0, 0.05) is 5.56 Å². The Bertz CT molecular complexity index is 518. The zero-order chi connectivity index (χ0) is 14.2. The average molecular weight is 262 g/mol. The first-order chi connectivity index (χ1) is 8.92. The number of Topliss-reactive ketones (excluding diaryl/α,β-unsaturated/α-hetero) is 1. The number of rotatable bonds is 3. The van der Waals surface area contributed by atoms with Crippen LogP contribution in [-0.2, 0) is 14.3 Å². The molecule has 1 aliphatic heterocycles. The van der Waals surface area contributed by atoms with E-state index in [0.717, 1.165) is 16.7 Å². The van der Waals surface area contributed by atoms with Crippen molar-refractivity contribution < 1.29 is 19.1 Å². The van der Waals surface area contributed by atoms with Crippen LogP contribution >= 0.6 is 0 Å². The number of hydrogen-bond acceptors (Lipinski definition) is 4. The van der Waals surface area contributed by atoms with Crippen molar-refractivity contribution in [2.75, 3.05) is 20.3 Å². The van der Waals surface area contributed by atoms with Crippen molar-refractivity contribution in [3.63, 3.8) is 0 Å². The molecule has 0 bridgehead atoms. The third-order valence-corrected chi connectivity index (χ3v) is 3.61. The zero-order valence-corrected chi connectivity index (χ0v) is 11.7. The Morgan fingerprint density at radius 1 is 1.16 bits per heavy atom. The van der Waals surface area contributed by atoms with E-state index in [4.69, 9.17) is 9.47 Å². The summed E-state index contributed by atoms with van der Waals surface area (Å²) < 4.78 is 9.85. The summed E-state index contributed by atoms with van der Waals surface area (Å²) in [6.45, 7) is 5.96. The topological polar surface area (TPSA) is 52.6 Å². The molecule has 4 nitrogen and oxygen atoms in total. The van der Waals surface area contributed by atoms with Crippen molar-refractivity contribution in [3.05, 3.63) is 34.4 Å². The van der Waals surface area contributed by atoms with Crippen molar-refractivity contribution in [1.29, 1.82) is 0 Å². The van der Waals surface area contributed by atoms with Gasteiger partial charge in [0.25, 0.3) is 0 Å². The van der Waals surface area contributed by atoms with E-state index in [1.807, 2.05) is 32.9 Å². The standard InChI is InChI=1S/C15H18O4/c1-9-5-10(2)12(11(3)6-9)13(16)15(7-19-8-15)14(17)18-4/h5-6H,7-8H2,1-4H3. The summed E-state index contributed by atoms with van der Waals surface area (Å²) in [5, 5.41) is 0. The van der Waals surface area contributed by atoms with E-state index in [0.29, 0.717) is 5.56 Å². The zero-order valence-electron chi connectivity index (χ0n) is 11.7. The lowest BCUT2D eigenvalue weighted by Crippen LogP contribution is -2.55. The second-order valence-corrected chi connectivity index (χ2v) is 5.17. The van der Waals surface area contributed by atoms with E-state index >= 15 is 0 Å². The molecule has 1 heterocycles. The number of methoxy groups -OCH3 is 1. The molecular weight excluding hydrogens is 244 g/mol. The Kier molecular flexibility index (Phi) is 3.45. The van der Waals surface area contributed by atoms with Gasteiger partial charge in [0.15, 0.2) is 11.2 Å². The Morgan fingerprint density at radius 3 is 2.05 bits per heavy atom. The van der Waals surface area contributed by atoms with E-state index in [9.17, 15) is 9.59 Å². The van der Waals surface area contributed by atoms with Gasteiger partial charge in [-0.2, -0.15) is 0 Å². The monoisotopic (exact) mass is 262 g/mol. The molecule has 0 saturated carbocycles. The molecule has 1 aromatic rings. The van der Waals surface area contributed by atoms with Gasteiger partial charge in [0.1, 0.15) is 0 Å². The number of hydrogen-bond donors (Lipinski definition) is 0. The molecular formula is C15H18O4. The van der Waals surface area contributed by atoms with E-state index in [-0.39, 0.29) is 19.0 Å². The Labute approximate surface area is 112 Å². The maximum atomic E-state index is 12.7. The fourth-order valence-corrected chi connectivity index (χ4v) is 2.62. The molecule has 0 N–H and O–H groups in total. The fraction of sp³-hybridized carbons (Fsp3) is 0.467. The minimum atomic E-state index is -1.15. The van der Waals surface area contributed by atoms with Crippen LogP contribution in [0.15, 0.2) is 12.1 Å². The summed E-state index contributed by atoms with van der Waals surface area (Å²) in [4.78, 5) is 24.6. The molecule has 0 spiro atoms. The summed E-state index contributed by atoms with van der Waals surface area (Å²) in [7, 11) is 1.30. The molecule has 1 aliphatic rings. The summed E-state index contributed by atoms with van der Waals surface area (Å²) >= 11 is 0. The molecule has 0 atom stereocenters. The molecule has 0 radical (unpaired) electrons. The first-order valence-electron chi connectivity index (χ1n) is 6.21. The maximum Gasteiger partial charge on any atom is 0.324 e. The largest absolute Gasteiger partial charge is 0.468 e.